The Balaban J connectivity index is 2.16. The van der Waals surface area contributed by atoms with Crippen molar-refractivity contribution in [1.29, 1.82) is 0 Å². The van der Waals surface area contributed by atoms with Gasteiger partial charge in [-0.1, -0.05) is 0 Å². The second-order valence-corrected chi connectivity index (χ2v) is 7.12. The van der Waals surface area contributed by atoms with Gasteiger partial charge in [0.15, 0.2) is 5.76 Å². The SMILES string of the molecule is Cc1c(C(=O)NC(C)C)oc2ccc3c(c12)C(O)CC(C)(C)O3. The molecule has 2 heterocycles. The van der Waals surface area contributed by atoms with Crippen LogP contribution >= 0.6 is 0 Å². The van der Waals surface area contributed by atoms with Gasteiger partial charge in [0.2, 0.25) is 0 Å². The number of aliphatic hydroxyl groups excluding tert-OH is 1. The van der Waals surface area contributed by atoms with Crippen molar-refractivity contribution in [2.75, 3.05) is 0 Å². The summed E-state index contributed by atoms with van der Waals surface area (Å²) in [6, 6.07) is 3.62. The zero-order valence-corrected chi connectivity index (χ0v) is 14.2. The van der Waals surface area contributed by atoms with E-state index in [1.54, 1.807) is 12.1 Å². The van der Waals surface area contributed by atoms with Crippen LogP contribution in [0.3, 0.4) is 0 Å². The summed E-state index contributed by atoms with van der Waals surface area (Å²) in [5.41, 5.74) is 1.62. The molecule has 0 saturated carbocycles. The Labute approximate surface area is 135 Å². The molecule has 2 N–H and O–H groups in total. The molecule has 1 atom stereocenters. The van der Waals surface area contributed by atoms with Crippen LogP contribution in [-0.4, -0.2) is 22.7 Å². The molecule has 1 amide bonds. The van der Waals surface area contributed by atoms with Crippen LogP contribution < -0.4 is 10.1 Å². The van der Waals surface area contributed by atoms with E-state index >= 15 is 0 Å². The van der Waals surface area contributed by atoms with Crippen LogP contribution in [0.2, 0.25) is 0 Å². The first kappa shape index (κ1) is 15.9. The molecule has 124 valence electrons. The van der Waals surface area contributed by atoms with Gasteiger partial charge in [-0.25, -0.2) is 0 Å². The highest BCUT2D eigenvalue weighted by atomic mass is 16.5. The van der Waals surface area contributed by atoms with Crippen LogP contribution in [0.4, 0.5) is 0 Å². The molecule has 1 aliphatic rings. The van der Waals surface area contributed by atoms with Crippen molar-refractivity contribution in [2.45, 2.75) is 58.8 Å². The van der Waals surface area contributed by atoms with E-state index in [1.807, 2.05) is 34.6 Å². The van der Waals surface area contributed by atoms with E-state index in [2.05, 4.69) is 5.32 Å². The number of fused-ring (bicyclic) bond motifs is 3. The zero-order valence-electron chi connectivity index (χ0n) is 14.2. The van der Waals surface area contributed by atoms with Crippen molar-refractivity contribution in [1.82, 2.24) is 5.32 Å². The second kappa shape index (κ2) is 5.27. The first-order valence-corrected chi connectivity index (χ1v) is 7.93. The topological polar surface area (TPSA) is 71.7 Å². The van der Waals surface area contributed by atoms with Gasteiger partial charge < -0.3 is 19.6 Å². The Hall–Kier alpha value is -2.01. The molecule has 0 saturated heterocycles. The fraction of sp³-hybridized carbons (Fsp3) is 0.500. The fourth-order valence-electron chi connectivity index (χ4n) is 3.22. The minimum Gasteiger partial charge on any atom is -0.487 e. The molecular formula is C18H23NO4. The molecule has 1 aromatic heterocycles. The highest BCUT2D eigenvalue weighted by Gasteiger charge is 2.35. The lowest BCUT2D eigenvalue weighted by Gasteiger charge is -2.35. The number of aliphatic hydroxyl groups is 1. The molecule has 5 heteroatoms. The lowest BCUT2D eigenvalue weighted by atomic mass is 9.89. The van der Waals surface area contributed by atoms with Crippen molar-refractivity contribution < 1.29 is 19.1 Å². The fourth-order valence-corrected chi connectivity index (χ4v) is 3.22. The normalized spacial score (nSPS) is 19.5. The van der Waals surface area contributed by atoms with E-state index in [0.717, 1.165) is 10.9 Å². The average molecular weight is 317 g/mol. The molecule has 2 aromatic rings. The number of carbonyl (C=O) groups is 1. The Morgan fingerprint density at radius 2 is 2.09 bits per heavy atom. The van der Waals surface area contributed by atoms with E-state index in [0.29, 0.717) is 29.1 Å². The van der Waals surface area contributed by atoms with Crippen molar-refractivity contribution in [3.8, 4) is 5.75 Å². The molecule has 0 aliphatic carbocycles. The molecular weight excluding hydrogens is 294 g/mol. The molecule has 0 spiro atoms. The summed E-state index contributed by atoms with van der Waals surface area (Å²) in [6.45, 7) is 9.54. The monoisotopic (exact) mass is 317 g/mol. The van der Waals surface area contributed by atoms with E-state index < -0.39 is 11.7 Å². The summed E-state index contributed by atoms with van der Waals surface area (Å²) in [4.78, 5) is 12.3. The number of hydrogen-bond donors (Lipinski definition) is 2. The Morgan fingerprint density at radius 3 is 2.74 bits per heavy atom. The van der Waals surface area contributed by atoms with Gasteiger partial charge in [0, 0.05) is 29.0 Å². The van der Waals surface area contributed by atoms with Gasteiger partial charge in [-0.2, -0.15) is 0 Å². The van der Waals surface area contributed by atoms with Gasteiger partial charge in [-0.15, -0.1) is 0 Å². The van der Waals surface area contributed by atoms with Crippen LogP contribution in [0.25, 0.3) is 11.0 Å². The standard InChI is InChI=1S/C18H23NO4/c1-9(2)19-17(21)16-10(3)14-12(22-16)6-7-13-15(14)11(20)8-18(4,5)23-13/h6-7,9,11,20H,8H2,1-5H3,(H,19,21). The second-order valence-electron chi connectivity index (χ2n) is 7.12. The van der Waals surface area contributed by atoms with Crippen molar-refractivity contribution in [3.63, 3.8) is 0 Å². The minimum absolute atomic E-state index is 0.0266. The molecule has 1 aromatic carbocycles. The maximum absolute atomic E-state index is 12.3. The largest absolute Gasteiger partial charge is 0.487 e. The summed E-state index contributed by atoms with van der Waals surface area (Å²) in [6.07, 6.45) is -0.146. The number of benzene rings is 1. The molecule has 0 fully saturated rings. The summed E-state index contributed by atoms with van der Waals surface area (Å²) in [5, 5.41) is 14.2. The van der Waals surface area contributed by atoms with Gasteiger partial charge in [0.25, 0.3) is 5.91 Å². The predicted molar refractivity (Wildman–Crippen MR) is 87.8 cm³/mol. The molecule has 5 nitrogen and oxygen atoms in total. The summed E-state index contributed by atoms with van der Waals surface area (Å²) < 4.78 is 11.7. The zero-order chi connectivity index (χ0) is 16.9. The first-order chi connectivity index (χ1) is 10.7. The van der Waals surface area contributed by atoms with E-state index in [1.165, 1.54) is 0 Å². The smallest absolute Gasteiger partial charge is 0.287 e. The third-order valence-corrected chi connectivity index (χ3v) is 4.13. The maximum Gasteiger partial charge on any atom is 0.287 e. The number of furan rings is 1. The van der Waals surface area contributed by atoms with Gasteiger partial charge in [-0.3, -0.25) is 4.79 Å². The Bertz CT molecular complexity index is 773. The number of aryl methyl sites for hydroxylation is 1. The van der Waals surface area contributed by atoms with E-state index in [-0.39, 0.29) is 11.9 Å². The number of hydrogen-bond acceptors (Lipinski definition) is 4. The summed E-state index contributed by atoms with van der Waals surface area (Å²) >= 11 is 0. The van der Waals surface area contributed by atoms with Crippen LogP contribution in [-0.2, 0) is 0 Å². The number of amides is 1. The van der Waals surface area contributed by atoms with Crippen LogP contribution in [0.5, 0.6) is 5.75 Å². The van der Waals surface area contributed by atoms with Crippen molar-refractivity contribution in [3.05, 3.63) is 29.0 Å². The van der Waals surface area contributed by atoms with E-state index in [4.69, 9.17) is 9.15 Å². The van der Waals surface area contributed by atoms with Crippen LogP contribution in [0.15, 0.2) is 16.5 Å². The minimum atomic E-state index is -0.644. The Kier molecular flexibility index (Phi) is 3.64. The first-order valence-electron chi connectivity index (χ1n) is 7.93. The summed E-state index contributed by atoms with van der Waals surface area (Å²) in [7, 11) is 0. The van der Waals surface area contributed by atoms with Crippen LogP contribution in [0, 0.1) is 6.92 Å². The van der Waals surface area contributed by atoms with Crippen LogP contribution in [0.1, 0.15) is 61.9 Å². The van der Waals surface area contributed by atoms with Gasteiger partial charge >= 0.3 is 0 Å². The maximum atomic E-state index is 12.3. The highest BCUT2D eigenvalue weighted by molar-refractivity contribution is 6.00. The highest BCUT2D eigenvalue weighted by Crippen LogP contribution is 2.45. The van der Waals surface area contributed by atoms with Crippen molar-refractivity contribution in [2.24, 2.45) is 0 Å². The third-order valence-electron chi connectivity index (χ3n) is 4.13. The third kappa shape index (κ3) is 2.70. The molecule has 1 unspecified atom stereocenters. The lowest BCUT2D eigenvalue weighted by Crippen LogP contribution is -2.34. The Morgan fingerprint density at radius 1 is 1.39 bits per heavy atom. The predicted octanol–water partition coefficient (Wildman–Crippen LogP) is 3.47. The molecule has 0 radical (unpaired) electrons. The molecule has 3 rings (SSSR count). The van der Waals surface area contributed by atoms with Crippen molar-refractivity contribution >= 4 is 16.9 Å². The van der Waals surface area contributed by atoms with Gasteiger partial charge in [-0.05, 0) is 46.8 Å². The average Bonchev–Trinajstić information content (AvgIpc) is 2.74. The number of rotatable bonds is 2. The van der Waals surface area contributed by atoms with Gasteiger partial charge in [0.1, 0.15) is 16.9 Å². The molecule has 0 bridgehead atoms. The number of nitrogens with one attached hydrogen (secondary N) is 1. The number of carbonyl (C=O) groups excluding carboxylic acids is 1. The van der Waals surface area contributed by atoms with E-state index in [9.17, 15) is 9.90 Å². The number of ether oxygens (including phenoxy) is 1. The molecule has 23 heavy (non-hydrogen) atoms. The summed E-state index contributed by atoms with van der Waals surface area (Å²) in [5.74, 6) is 0.703. The lowest BCUT2D eigenvalue weighted by molar-refractivity contribution is 0.0126. The molecule has 1 aliphatic heterocycles. The van der Waals surface area contributed by atoms with Gasteiger partial charge in [0.05, 0.1) is 6.10 Å². The quantitative estimate of drug-likeness (QED) is 0.889.